The van der Waals surface area contributed by atoms with Crippen LogP contribution in [0.3, 0.4) is 0 Å². The Bertz CT molecular complexity index is 1290. The summed E-state index contributed by atoms with van der Waals surface area (Å²) in [4.78, 5) is 25.2. The molecule has 3 rings (SSSR count). The molecule has 0 aliphatic rings. The third kappa shape index (κ3) is 7.55. The van der Waals surface area contributed by atoms with E-state index in [4.69, 9.17) is 16.3 Å². The molecule has 1 aromatic heterocycles. The van der Waals surface area contributed by atoms with Crippen molar-refractivity contribution in [1.29, 1.82) is 0 Å². The van der Waals surface area contributed by atoms with Crippen molar-refractivity contribution in [2.45, 2.75) is 6.92 Å². The molecule has 0 unspecified atom stereocenters. The van der Waals surface area contributed by atoms with Crippen molar-refractivity contribution in [3.8, 4) is 5.75 Å². The number of nitrogens with one attached hydrogen (secondary N) is 3. The van der Waals surface area contributed by atoms with E-state index >= 15 is 0 Å². The average Bonchev–Trinajstić information content (AvgIpc) is 2.84. The van der Waals surface area contributed by atoms with Crippen LogP contribution in [0.4, 0.5) is 38.8 Å². The molecule has 0 spiro atoms. The number of anilines is 6. The number of ether oxygens (including phenoxy) is 1. The van der Waals surface area contributed by atoms with Gasteiger partial charge in [0.25, 0.3) is 0 Å². The van der Waals surface area contributed by atoms with Crippen molar-refractivity contribution in [2.24, 2.45) is 0 Å². The zero-order chi connectivity index (χ0) is 27.1. The summed E-state index contributed by atoms with van der Waals surface area (Å²) in [7, 11) is 7.52. The van der Waals surface area contributed by atoms with Crippen molar-refractivity contribution < 1.29 is 13.9 Å². The highest BCUT2D eigenvalue weighted by Crippen LogP contribution is 2.38. The maximum absolute atomic E-state index is 13.5. The Morgan fingerprint density at radius 2 is 1.78 bits per heavy atom. The van der Waals surface area contributed by atoms with Crippen molar-refractivity contribution in [3.05, 3.63) is 65.7 Å². The minimum absolute atomic E-state index is 0.00334. The van der Waals surface area contributed by atoms with Crippen LogP contribution in [0.5, 0.6) is 5.75 Å². The summed E-state index contributed by atoms with van der Waals surface area (Å²) in [6.45, 7) is 6.86. The second-order valence-electron chi connectivity index (χ2n) is 8.55. The van der Waals surface area contributed by atoms with Gasteiger partial charge in [-0.3, -0.25) is 4.79 Å². The van der Waals surface area contributed by atoms with Gasteiger partial charge in [0, 0.05) is 38.0 Å². The number of likely N-dealkylation sites (N-methyl/N-ethyl adjacent to an activating group) is 2. The first-order valence-corrected chi connectivity index (χ1v) is 11.8. The Balaban J connectivity index is 1.95. The molecular formula is C26H31ClFN7O2. The van der Waals surface area contributed by atoms with Crippen LogP contribution in [-0.4, -0.2) is 62.1 Å². The molecule has 0 saturated heterocycles. The number of aryl methyl sites for hydroxylation is 1. The Morgan fingerprint density at radius 1 is 1.08 bits per heavy atom. The zero-order valence-corrected chi connectivity index (χ0v) is 22.3. The van der Waals surface area contributed by atoms with E-state index in [0.29, 0.717) is 40.3 Å². The second kappa shape index (κ2) is 12.4. The van der Waals surface area contributed by atoms with E-state index in [1.165, 1.54) is 18.2 Å². The summed E-state index contributed by atoms with van der Waals surface area (Å²) < 4.78 is 19.2. The van der Waals surface area contributed by atoms with Gasteiger partial charge in [-0.2, -0.15) is 0 Å². The first kappa shape index (κ1) is 27.7. The topological polar surface area (TPSA) is 94.7 Å². The number of hydrogen-bond donors (Lipinski definition) is 3. The van der Waals surface area contributed by atoms with Crippen molar-refractivity contribution in [2.75, 3.05) is 62.2 Å². The summed E-state index contributed by atoms with van der Waals surface area (Å²) in [6.07, 6.45) is 1.22. The number of carbonyl (C=O) groups is 1. The van der Waals surface area contributed by atoms with Gasteiger partial charge in [-0.15, -0.1) is 0 Å². The van der Waals surface area contributed by atoms with E-state index in [0.717, 1.165) is 18.8 Å². The predicted molar refractivity (Wildman–Crippen MR) is 148 cm³/mol. The van der Waals surface area contributed by atoms with Crippen LogP contribution >= 0.6 is 11.6 Å². The van der Waals surface area contributed by atoms with Gasteiger partial charge in [0.2, 0.25) is 5.91 Å². The Morgan fingerprint density at radius 3 is 2.41 bits per heavy atom. The smallest absolute Gasteiger partial charge is 0.247 e. The van der Waals surface area contributed by atoms with E-state index in [-0.39, 0.29) is 10.9 Å². The molecular weight excluding hydrogens is 497 g/mol. The van der Waals surface area contributed by atoms with E-state index < -0.39 is 5.82 Å². The van der Waals surface area contributed by atoms with E-state index in [9.17, 15) is 9.18 Å². The predicted octanol–water partition coefficient (Wildman–Crippen LogP) is 5.20. The quantitative estimate of drug-likeness (QED) is 0.293. The van der Waals surface area contributed by atoms with Crippen LogP contribution < -0.4 is 25.6 Å². The lowest BCUT2D eigenvalue weighted by Crippen LogP contribution is -2.29. The molecule has 9 nitrogen and oxygen atoms in total. The lowest BCUT2D eigenvalue weighted by atomic mass is 10.2. The van der Waals surface area contributed by atoms with Crippen LogP contribution in [0.15, 0.2) is 49.1 Å². The van der Waals surface area contributed by atoms with Gasteiger partial charge in [-0.25, -0.2) is 14.4 Å². The molecule has 0 aliphatic heterocycles. The minimum atomic E-state index is -0.504. The summed E-state index contributed by atoms with van der Waals surface area (Å²) in [5.41, 5.74) is 2.53. The fraction of sp³-hybridized carbons (Fsp3) is 0.269. The molecule has 0 radical (unpaired) electrons. The van der Waals surface area contributed by atoms with E-state index in [1.807, 2.05) is 32.1 Å². The second-order valence-corrected chi connectivity index (χ2v) is 8.96. The first-order valence-electron chi connectivity index (χ1n) is 11.5. The third-order valence-electron chi connectivity index (χ3n) is 5.35. The molecule has 1 heterocycles. The first-order chi connectivity index (χ1) is 17.6. The number of benzene rings is 2. The molecule has 0 aliphatic carbocycles. The molecule has 0 fully saturated rings. The normalized spacial score (nSPS) is 10.7. The average molecular weight is 528 g/mol. The molecule has 11 heteroatoms. The number of aromatic nitrogens is 2. The number of carbonyl (C=O) groups excluding carboxylic acids is 1. The van der Waals surface area contributed by atoms with Gasteiger partial charge in [-0.1, -0.05) is 18.2 Å². The highest BCUT2D eigenvalue weighted by atomic mass is 35.5. The number of hydrogen-bond acceptors (Lipinski definition) is 8. The van der Waals surface area contributed by atoms with Crippen LogP contribution in [0.2, 0.25) is 5.02 Å². The standard InChI is InChI=1S/C26H31ClFN7O2/c1-7-26(36)33-20-13-21(23(37-6)14-22(20)35(5)11-10-34(3)4)32-25-15-24(29-16(2)30-25)31-17-8-9-19(28)18(27)12-17/h7-9,12-15H,1,10-11H2,2-6H3,(H,33,36)(H2,29,30,31,32). The van der Waals surface area contributed by atoms with Crippen molar-refractivity contribution >= 4 is 51.9 Å². The zero-order valence-electron chi connectivity index (χ0n) is 21.5. The molecule has 0 atom stereocenters. The number of amides is 1. The van der Waals surface area contributed by atoms with Crippen molar-refractivity contribution in [3.63, 3.8) is 0 Å². The lowest BCUT2D eigenvalue weighted by Gasteiger charge is -2.26. The molecule has 37 heavy (non-hydrogen) atoms. The third-order valence-corrected chi connectivity index (χ3v) is 5.64. The monoisotopic (exact) mass is 527 g/mol. The highest BCUT2D eigenvalue weighted by molar-refractivity contribution is 6.31. The fourth-order valence-corrected chi connectivity index (χ4v) is 3.64. The SMILES string of the molecule is C=CC(=O)Nc1cc(Nc2cc(Nc3ccc(F)c(Cl)c3)nc(C)n2)c(OC)cc1N(C)CCN(C)C. The Hall–Kier alpha value is -3.89. The van der Waals surface area contributed by atoms with Crippen molar-refractivity contribution in [1.82, 2.24) is 14.9 Å². The highest BCUT2D eigenvalue weighted by Gasteiger charge is 2.17. The van der Waals surface area contributed by atoms with Gasteiger partial charge in [0.05, 0.1) is 29.2 Å². The van der Waals surface area contributed by atoms with Gasteiger partial charge in [0.1, 0.15) is 29.0 Å². The van der Waals surface area contributed by atoms with E-state index in [2.05, 4.69) is 37.4 Å². The number of methoxy groups -OCH3 is 1. The van der Waals surface area contributed by atoms with Gasteiger partial charge in [-0.05, 0) is 51.4 Å². The van der Waals surface area contributed by atoms with Gasteiger partial charge >= 0.3 is 0 Å². The molecule has 196 valence electrons. The van der Waals surface area contributed by atoms with Gasteiger partial charge < -0.3 is 30.5 Å². The molecule has 3 N–H and O–H groups in total. The van der Waals surface area contributed by atoms with Crippen LogP contribution in [-0.2, 0) is 4.79 Å². The summed E-state index contributed by atoms with van der Waals surface area (Å²) >= 11 is 5.90. The van der Waals surface area contributed by atoms with Crippen LogP contribution in [0.25, 0.3) is 0 Å². The molecule has 3 aromatic rings. The number of halogens is 2. The lowest BCUT2D eigenvalue weighted by molar-refractivity contribution is -0.111. The summed E-state index contributed by atoms with van der Waals surface area (Å²) in [5, 5.41) is 9.24. The Kier molecular flexibility index (Phi) is 9.26. The number of rotatable bonds is 11. The van der Waals surface area contributed by atoms with Crippen LogP contribution in [0.1, 0.15) is 5.82 Å². The molecule has 0 bridgehead atoms. The molecule has 2 aromatic carbocycles. The largest absolute Gasteiger partial charge is 0.494 e. The summed E-state index contributed by atoms with van der Waals surface area (Å²) in [6, 6.07) is 9.65. The van der Waals surface area contributed by atoms with Crippen LogP contribution in [0, 0.1) is 12.7 Å². The number of nitrogens with zero attached hydrogens (tertiary/aromatic N) is 4. The maximum Gasteiger partial charge on any atom is 0.247 e. The maximum atomic E-state index is 13.5. The fourth-order valence-electron chi connectivity index (χ4n) is 3.46. The molecule has 0 saturated carbocycles. The minimum Gasteiger partial charge on any atom is -0.494 e. The van der Waals surface area contributed by atoms with Gasteiger partial charge in [0.15, 0.2) is 0 Å². The molecule has 1 amide bonds. The summed E-state index contributed by atoms with van der Waals surface area (Å²) in [5.74, 6) is 1.18. The Labute approximate surface area is 221 Å². The van der Waals surface area contributed by atoms with E-state index in [1.54, 1.807) is 32.2 Å².